The molecule has 0 spiro atoms. The number of aryl methyl sites for hydroxylation is 2. The number of hydrogen-bond acceptors (Lipinski definition) is 3. The smallest absolute Gasteiger partial charge is 0.0508 e. The van der Waals surface area contributed by atoms with Crippen molar-refractivity contribution in [2.45, 2.75) is 30.1 Å². The number of anilines is 1. The number of piperazine rings is 1. The molecule has 1 N–H and O–H groups in total. The van der Waals surface area contributed by atoms with Gasteiger partial charge < -0.3 is 10.2 Å². The number of nitrogens with one attached hydrogen (secondary N) is 1. The standard InChI is InChI=1S/C19H24N2S/c1-3-16-8-9-18(15(2)14-16)22-19-7-5-4-6-17(19)21-12-10-20-11-13-21/h4-9,14,20H,3,10-13H2,1-2H3. The minimum Gasteiger partial charge on any atom is -0.368 e. The SMILES string of the molecule is CCc1ccc(Sc2ccccc2N2CCNCC2)c(C)c1. The van der Waals surface area contributed by atoms with Crippen molar-refractivity contribution in [3.63, 3.8) is 0 Å². The predicted molar refractivity (Wildman–Crippen MR) is 96.2 cm³/mol. The van der Waals surface area contributed by atoms with Gasteiger partial charge in [0.15, 0.2) is 0 Å². The lowest BCUT2D eigenvalue weighted by Gasteiger charge is -2.31. The van der Waals surface area contributed by atoms with E-state index < -0.39 is 0 Å². The maximum absolute atomic E-state index is 3.43. The Morgan fingerprint density at radius 3 is 2.55 bits per heavy atom. The molecule has 0 aliphatic carbocycles. The zero-order valence-corrected chi connectivity index (χ0v) is 14.2. The van der Waals surface area contributed by atoms with Gasteiger partial charge in [-0.2, -0.15) is 0 Å². The van der Waals surface area contributed by atoms with Crippen molar-refractivity contribution in [2.75, 3.05) is 31.1 Å². The zero-order valence-electron chi connectivity index (χ0n) is 13.4. The van der Waals surface area contributed by atoms with E-state index >= 15 is 0 Å². The van der Waals surface area contributed by atoms with Crippen LogP contribution in [0.2, 0.25) is 0 Å². The lowest BCUT2D eigenvalue weighted by molar-refractivity contribution is 0.587. The molecule has 116 valence electrons. The molecule has 1 fully saturated rings. The summed E-state index contributed by atoms with van der Waals surface area (Å²) in [5, 5.41) is 3.43. The maximum Gasteiger partial charge on any atom is 0.0508 e. The van der Waals surface area contributed by atoms with Crippen LogP contribution in [-0.2, 0) is 6.42 Å². The van der Waals surface area contributed by atoms with Crippen molar-refractivity contribution < 1.29 is 0 Å². The molecule has 3 heteroatoms. The molecule has 0 saturated carbocycles. The summed E-state index contributed by atoms with van der Waals surface area (Å²) < 4.78 is 0. The normalized spacial score (nSPS) is 15.1. The van der Waals surface area contributed by atoms with Crippen LogP contribution in [0.25, 0.3) is 0 Å². The van der Waals surface area contributed by atoms with Crippen molar-refractivity contribution in [3.05, 3.63) is 53.6 Å². The highest BCUT2D eigenvalue weighted by atomic mass is 32.2. The summed E-state index contributed by atoms with van der Waals surface area (Å²) in [7, 11) is 0. The molecular weight excluding hydrogens is 288 g/mol. The Balaban J connectivity index is 1.86. The van der Waals surface area contributed by atoms with Gasteiger partial charge in [-0.05, 0) is 42.7 Å². The molecule has 1 saturated heterocycles. The van der Waals surface area contributed by atoms with E-state index in [4.69, 9.17) is 0 Å². The second-order valence-electron chi connectivity index (χ2n) is 5.76. The summed E-state index contributed by atoms with van der Waals surface area (Å²) in [4.78, 5) is 5.21. The third-order valence-electron chi connectivity index (χ3n) is 4.19. The third-order valence-corrected chi connectivity index (χ3v) is 5.43. The topological polar surface area (TPSA) is 15.3 Å². The first-order valence-corrected chi connectivity index (χ1v) is 8.91. The molecule has 2 nitrogen and oxygen atoms in total. The fraction of sp³-hybridized carbons (Fsp3) is 0.368. The van der Waals surface area contributed by atoms with Crippen LogP contribution in [0.15, 0.2) is 52.3 Å². The Morgan fingerprint density at radius 2 is 1.82 bits per heavy atom. The summed E-state index contributed by atoms with van der Waals surface area (Å²) >= 11 is 1.89. The van der Waals surface area contributed by atoms with Crippen molar-refractivity contribution in [1.82, 2.24) is 5.32 Å². The van der Waals surface area contributed by atoms with E-state index in [1.165, 1.54) is 26.6 Å². The average molecular weight is 312 g/mol. The molecule has 0 atom stereocenters. The van der Waals surface area contributed by atoms with E-state index in [1.807, 2.05) is 11.8 Å². The van der Waals surface area contributed by atoms with Crippen LogP contribution in [-0.4, -0.2) is 26.2 Å². The number of benzene rings is 2. The lowest BCUT2D eigenvalue weighted by Crippen LogP contribution is -2.43. The summed E-state index contributed by atoms with van der Waals surface area (Å²) in [6.07, 6.45) is 1.10. The van der Waals surface area contributed by atoms with E-state index in [2.05, 4.69) is 66.5 Å². The first-order valence-electron chi connectivity index (χ1n) is 8.10. The highest BCUT2D eigenvalue weighted by Gasteiger charge is 2.14. The van der Waals surface area contributed by atoms with Gasteiger partial charge in [-0.1, -0.05) is 43.0 Å². The molecule has 0 radical (unpaired) electrons. The molecule has 1 aliphatic rings. The Hall–Kier alpha value is -1.45. The van der Waals surface area contributed by atoms with Gasteiger partial charge in [0, 0.05) is 36.0 Å². The Labute approximate surface area is 137 Å². The van der Waals surface area contributed by atoms with E-state index in [0.29, 0.717) is 0 Å². The van der Waals surface area contributed by atoms with Crippen LogP contribution in [0.3, 0.4) is 0 Å². The molecule has 3 rings (SSSR count). The van der Waals surface area contributed by atoms with Gasteiger partial charge in [-0.15, -0.1) is 0 Å². The third kappa shape index (κ3) is 3.47. The minimum absolute atomic E-state index is 1.07. The zero-order chi connectivity index (χ0) is 15.4. The van der Waals surface area contributed by atoms with Crippen LogP contribution < -0.4 is 10.2 Å². The number of para-hydroxylation sites is 1. The van der Waals surface area contributed by atoms with Gasteiger partial charge in [0.2, 0.25) is 0 Å². The Morgan fingerprint density at radius 1 is 1.05 bits per heavy atom. The highest BCUT2D eigenvalue weighted by Crippen LogP contribution is 2.37. The monoisotopic (exact) mass is 312 g/mol. The largest absolute Gasteiger partial charge is 0.368 e. The predicted octanol–water partition coefficient (Wildman–Crippen LogP) is 4.12. The molecule has 0 amide bonds. The van der Waals surface area contributed by atoms with Gasteiger partial charge in [-0.3, -0.25) is 0 Å². The first kappa shape index (κ1) is 15.4. The first-order chi connectivity index (χ1) is 10.8. The fourth-order valence-electron chi connectivity index (χ4n) is 2.87. The van der Waals surface area contributed by atoms with Crippen molar-refractivity contribution in [3.8, 4) is 0 Å². The second kappa shape index (κ2) is 7.21. The lowest BCUT2D eigenvalue weighted by atomic mass is 10.1. The van der Waals surface area contributed by atoms with Gasteiger partial charge >= 0.3 is 0 Å². The van der Waals surface area contributed by atoms with Gasteiger partial charge in [0.05, 0.1) is 5.69 Å². The molecule has 0 aromatic heterocycles. The summed E-state index contributed by atoms with van der Waals surface area (Å²) in [6, 6.07) is 15.6. The van der Waals surface area contributed by atoms with Crippen molar-refractivity contribution in [1.29, 1.82) is 0 Å². The van der Waals surface area contributed by atoms with Crippen LogP contribution in [0, 0.1) is 6.92 Å². The molecule has 0 bridgehead atoms. The maximum atomic E-state index is 3.43. The van der Waals surface area contributed by atoms with Gasteiger partial charge in [-0.25, -0.2) is 0 Å². The second-order valence-corrected chi connectivity index (χ2v) is 6.84. The highest BCUT2D eigenvalue weighted by molar-refractivity contribution is 7.99. The number of hydrogen-bond donors (Lipinski definition) is 1. The van der Waals surface area contributed by atoms with Crippen LogP contribution in [0.1, 0.15) is 18.1 Å². The molecule has 22 heavy (non-hydrogen) atoms. The van der Waals surface area contributed by atoms with Crippen LogP contribution >= 0.6 is 11.8 Å². The van der Waals surface area contributed by atoms with Crippen LogP contribution in [0.5, 0.6) is 0 Å². The number of nitrogens with zero attached hydrogens (tertiary/aromatic N) is 1. The summed E-state index contributed by atoms with van der Waals surface area (Å²) in [6.45, 7) is 8.75. The van der Waals surface area contributed by atoms with E-state index in [0.717, 1.165) is 32.6 Å². The minimum atomic E-state index is 1.07. The fourth-order valence-corrected chi connectivity index (χ4v) is 3.92. The Kier molecular flexibility index (Phi) is 5.06. The molecule has 1 heterocycles. The number of rotatable bonds is 4. The van der Waals surface area contributed by atoms with E-state index in [1.54, 1.807) is 0 Å². The average Bonchev–Trinajstić information content (AvgIpc) is 2.58. The quantitative estimate of drug-likeness (QED) is 0.914. The van der Waals surface area contributed by atoms with Gasteiger partial charge in [0.1, 0.15) is 0 Å². The Bertz CT molecular complexity index is 633. The molecular formula is C19H24N2S. The summed E-state index contributed by atoms with van der Waals surface area (Å²) in [5.74, 6) is 0. The molecule has 1 aliphatic heterocycles. The molecule has 2 aromatic carbocycles. The van der Waals surface area contributed by atoms with E-state index in [-0.39, 0.29) is 0 Å². The molecule has 0 unspecified atom stereocenters. The van der Waals surface area contributed by atoms with E-state index in [9.17, 15) is 0 Å². The van der Waals surface area contributed by atoms with Crippen molar-refractivity contribution in [2.24, 2.45) is 0 Å². The summed E-state index contributed by atoms with van der Waals surface area (Å²) in [5.41, 5.74) is 4.16. The van der Waals surface area contributed by atoms with Crippen LogP contribution in [0.4, 0.5) is 5.69 Å². The molecule has 2 aromatic rings. The van der Waals surface area contributed by atoms with Crippen molar-refractivity contribution >= 4 is 17.4 Å². The van der Waals surface area contributed by atoms with Gasteiger partial charge in [0.25, 0.3) is 0 Å².